The second kappa shape index (κ2) is 9.33. The second-order valence-corrected chi connectivity index (χ2v) is 5.92. The predicted molar refractivity (Wildman–Crippen MR) is 96.4 cm³/mol. The molecule has 1 aliphatic rings. The average molecular weight is 361 g/mol. The Kier molecular flexibility index (Phi) is 6.59. The number of H-pyrrole nitrogens is 1. The van der Waals surface area contributed by atoms with Gasteiger partial charge in [0.25, 0.3) is 5.56 Å². The Morgan fingerprint density at radius 2 is 1.77 bits per heavy atom. The molecule has 0 spiro atoms. The number of aromatic amines is 1. The van der Waals surface area contributed by atoms with Crippen LogP contribution in [0, 0.1) is 0 Å². The zero-order chi connectivity index (χ0) is 18.2. The van der Waals surface area contributed by atoms with Gasteiger partial charge >= 0.3 is 5.69 Å². The zero-order valence-corrected chi connectivity index (χ0v) is 14.6. The molecule has 1 aromatic carbocycles. The molecule has 2 aromatic rings. The smallest absolute Gasteiger partial charge is 0.330 e. The zero-order valence-electron chi connectivity index (χ0n) is 14.6. The van der Waals surface area contributed by atoms with Crippen molar-refractivity contribution in [3.05, 3.63) is 62.9 Å². The van der Waals surface area contributed by atoms with Crippen molar-refractivity contribution < 1.29 is 14.2 Å². The van der Waals surface area contributed by atoms with Gasteiger partial charge < -0.3 is 19.1 Å². The molecule has 0 bridgehead atoms. The average Bonchev–Trinajstić information content (AvgIpc) is 2.67. The normalized spacial score (nSPS) is 14.5. The molecule has 3 rings (SSSR count). The number of morpholine rings is 1. The Labute approximate surface area is 150 Å². The van der Waals surface area contributed by atoms with Crippen LogP contribution in [-0.2, 0) is 27.5 Å². The molecule has 26 heavy (non-hydrogen) atoms. The monoisotopic (exact) mass is 361 g/mol. The molecule has 1 aromatic heterocycles. The lowest BCUT2D eigenvalue weighted by atomic mass is 10.2. The van der Waals surface area contributed by atoms with Crippen LogP contribution in [0.5, 0.6) is 0 Å². The number of nitrogens with zero attached hydrogens (tertiary/aromatic N) is 2. The first kappa shape index (κ1) is 18.4. The maximum absolute atomic E-state index is 12.0. The van der Waals surface area contributed by atoms with E-state index < -0.39 is 5.69 Å². The number of hydrogen-bond acceptors (Lipinski definition) is 6. The van der Waals surface area contributed by atoms with E-state index in [4.69, 9.17) is 14.2 Å². The standard InChI is InChI=1S/C18H23N3O5/c22-17-16(20-6-8-24-9-7-20)12-21(18(23)19-17)14-26-11-10-25-13-15-4-2-1-3-5-15/h1-5,12H,6-11,13-14H2,(H,19,22,23). The number of aromatic nitrogens is 2. The van der Waals surface area contributed by atoms with Crippen molar-refractivity contribution in [2.45, 2.75) is 13.3 Å². The van der Waals surface area contributed by atoms with Crippen LogP contribution in [0.25, 0.3) is 0 Å². The van der Waals surface area contributed by atoms with Gasteiger partial charge in [-0.1, -0.05) is 30.3 Å². The van der Waals surface area contributed by atoms with Crippen molar-refractivity contribution in [2.75, 3.05) is 44.4 Å². The first-order valence-electron chi connectivity index (χ1n) is 8.60. The van der Waals surface area contributed by atoms with Crippen LogP contribution in [0.1, 0.15) is 5.56 Å². The lowest BCUT2D eigenvalue weighted by molar-refractivity contribution is 0.0120. The van der Waals surface area contributed by atoms with Crippen molar-refractivity contribution in [2.24, 2.45) is 0 Å². The maximum atomic E-state index is 12.0. The van der Waals surface area contributed by atoms with Gasteiger partial charge in [-0.25, -0.2) is 4.79 Å². The summed E-state index contributed by atoms with van der Waals surface area (Å²) in [4.78, 5) is 28.2. The second-order valence-electron chi connectivity index (χ2n) is 5.92. The van der Waals surface area contributed by atoms with E-state index in [0.717, 1.165) is 5.56 Å². The fourth-order valence-corrected chi connectivity index (χ4v) is 2.67. The van der Waals surface area contributed by atoms with Crippen LogP contribution >= 0.6 is 0 Å². The maximum Gasteiger partial charge on any atom is 0.330 e. The van der Waals surface area contributed by atoms with E-state index in [9.17, 15) is 9.59 Å². The van der Waals surface area contributed by atoms with E-state index in [1.54, 1.807) is 0 Å². The quantitative estimate of drug-likeness (QED) is 0.692. The Morgan fingerprint density at radius 1 is 1.04 bits per heavy atom. The van der Waals surface area contributed by atoms with Gasteiger partial charge in [-0.15, -0.1) is 0 Å². The Balaban J connectivity index is 1.48. The van der Waals surface area contributed by atoms with Crippen LogP contribution < -0.4 is 16.1 Å². The third-order valence-corrected chi connectivity index (χ3v) is 4.06. The van der Waals surface area contributed by atoms with Crippen molar-refractivity contribution in [3.8, 4) is 0 Å². The van der Waals surface area contributed by atoms with E-state index in [-0.39, 0.29) is 12.3 Å². The minimum atomic E-state index is -0.489. The van der Waals surface area contributed by atoms with Crippen molar-refractivity contribution in [3.63, 3.8) is 0 Å². The highest BCUT2D eigenvalue weighted by Gasteiger charge is 2.15. The molecule has 1 N–H and O–H groups in total. The van der Waals surface area contributed by atoms with Gasteiger partial charge in [0.2, 0.25) is 0 Å². The van der Waals surface area contributed by atoms with E-state index in [2.05, 4.69) is 4.98 Å². The van der Waals surface area contributed by atoms with Gasteiger partial charge in [0.05, 0.1) is 33.0 Å². The lowest BCUT2D eigenvalue weighted by Gasteiger charge is -2.28. The number of rotatable bonds is 8. The number of ether oxygens (including phenoxy) is 3. The van der Waals surface area contributed by atoms with Crippen LogP contribution in [0.3, 0.4) is 0 Å². The third-order valence-electron chi connectivity index (χ3n) is 4.06. The molecule has 140 valence electrons. The Hall–Kier alpha value is -2.42. The Bertz CT molecular complexity index is 796. The molecule has 0 radical (unpaired) electrons. The van der Waals surface area contributed by atoms with Gasteiger partial charge in [-0.05, 0) is 5.56 Å². The van der Waals surface area contributed by atoms with E-state index in [0.29, 0.717) is 51.8 Å². The summed E-state index contributed by atoms with van der Waals surface area (Å²) in [5, 5.41) is 0. The van der Waals surface area contributed by atoms with Gasteiger partial charge in [-0.3, -0.25) is 14.3 Å². The van der Waals surface area contributed by atoms with Crippen LogP contribution in [0.15, 0.2) is 46.1 Å². The van der Waals surface area contributed by atoms with Gasteiger partial charge in [-0.2, -0.15) is 0 Å². The van der Waals surface area contributed by atoms with Gasteiger partial charge in [0, 0.05) is 19.3 Å². The molecule has 0 amide bonds. The number of nitrogens with one attached hydrogen (secondary N) is 1. The summed E-state index contributed by atoms with van der Waals surface area (Å²) < 4.78 is 17.7. The molecular formula is C18H23N3O5. The number of anilines is 1. The third kappa shape index (κ3) is 5.04. The highest BCUT2D eigenvalue weighted by atomic mass is 16.5. The summed E-state index contributed by atoms with van der Waals surface area (Å²) in [6.45, 7) is 3.72. The molecule has 0 atom stereocenters. The van der Waals surface area contributed by atoms with Crippen molar-refractivity contribution >= 4 is 5.69 Å². The molecule has 0 saturated carbocycles. The molecular weight excluding hydrogens is 338 g/mol. The Morgan fingerprint density at radius 3 is 2.54 bits per heavy atom. The first-order chi connectivity index (χ1) is 12.7. The molecule has 1 fully saturated rings. The van der Waals surface area contributed by atoms with E-state index >= 15 is 0 Å². The largest absolute Gasteiger partial charge is 0.378 e. The topological polar surface area (TPSA) is 85.8 Å². The lowest BCUT2D eigenvalue weighted by Crippen LogP contribution is -2.42. The SMILES string of the molecule is O=c1[nH]c(=O)n(COCCOCc2ccccc2)cc1N1CCOCC1. The highest BCUT2D eigenvalue weighted by Crippen LogP contribution is 2.08. The number of hydrogen-bond donors (Lipinski definition) is 1. The summed E-state index contributed by atoms with van der Waals surface area (Å²) in [5.74, 6) is 0. The summed E-state index contributed by atoms with van der Waals surface area (Å²) in [5.41, 5.74) is 0.674. The minimum Gasteiger partial charge on any atom is -0.378 e. The molecule has 2 heterocycles. The molecule has 0 unspecified atom stereocenters. The molecule has 8 heteroatoms. The number of benzene rings is 1. The van der Waals surface area contributed by atoms with Crippen LogP contribution in [-0.4, -0.2) is 49.1 Å². The van der Waals surface area contributed by atoms with Crippen LogP contribution in [0.4, 0.5) is 5.69 Å². The van der Waals surface area contributed by atoms with Gasteiger partial charge in [0.1, 0.15) is 12.4 Å². The van der Waals surface area contributed by atoms with Gasteiger partial charge in [0.15, 0.2) is 0 Å². The molecule has 8 nitrogen and oxygen atoms in total. The fraction of sp³-hybridized carbons (Fsp3) is 0.444. The van der Waals surface area contributed by atoms with E-state index in [1.807, 2.05) is 35.2 Å². The van der Waals surface area contributed by atoms with Crippen LogP contribution in [0.2, 0.25) is 0 Å². The fourth-order valence-electron chi connectivity index (χ4n) is 2.67. The summed E-state index contributed by atoms with van der Waals surface area (Å²) in [7, 11) is 0. The summed E-state index contributed by atoms with van der Waals surface area (Å²) in [6, 6.07) is 9.87. The predicted octanol–water partition coefficient (Wildman–Crippen LogP) is 0.564. The molecule has 0 aliphatic carbocycles. The van der Waals surface area contributed by atoms with Crippen molar-refractivity contribution in [1.82, 2.24) is 9.55 Å². The molecule has 1 aliphatic heterocycles. The minimum absolute atomic E-state index is 0.0572. The molecule has 1 saturated heterocycles. The van der Waals surface area contributed by atoms with Crippen molar-refractivity contribution in [1.29, 1.82) is 0 Å². The summed E-state index contributed by atoms with van der Waals surface area (Å²) >= 11 is 0. The highest BCUT2D eigenvalue weighted by molar-refractivity contribution is 5.42. The van der Waals surface area contributed by atoms with E-state index in [1.165, 1.54) is 10.8 Å². The summed E-state index contributed by atoms with van der Waals surface area (Å²) in [6.07, 6.45) is 1.54. The first-order valence-corrected chi connectivity index (χ1v) is 8.60.